The minimum Gasteiger partial charge on any atom is -0.310 e. The van der Waals surface area contributed by atoms with Crippen LogP contribution in [0.4, 0.5) is 0 Å². The summed E-state index contributed by atoms with van der Waals surface area (Å²) >= 11 is 0. The number of hydrogen-bond donors (Lipinski definition) is 1. The molecule has 0 saturated carbocycles. The predicted octanol–water partition coefficient (Wildman–Crippen LogP) is 6.88. The molecular formula is C29H29N. The van der Waals surface area contributed by atoms with Gasteiger partial charge in [0.2, 0.25) is 0 Å². The van der Waals surface area contributed by atoms with Crippen LogP contribution < -0.4 is 5.32 Å². The highest BCUT2D eigenvalue weighted by atomic mass is 14.9. The first kappa shape index (κ1) is 19.1. The largest absolute Gasteiger partial charge is 0.310 e. The second-order valence-corrected chi connectivity index (χ2v) is 8.67. The van der Waals surface area contributed by atoms with Gasteiger partial charge >= 0.3 is 0 Å². The Hall–Kier alpha value is -2.90. The summed E-state index contributed by atoms with van der Waals surface area (Å²) in [6, 6.07) is 35.7. The zero-order valence-corrected chi connectivity index (χ0v) is 17.6. The third-order valence-corrected chi connectivity index (χ3v) is 6.71. The van der Waals surface area contributed by atoms with Gasteiger partial charge in [-0.05, 0) is 65.3 Å². The zero-order valence-electron chi connectivity index (χ0n) is 17.6. The number of fused-ring (bicyclic) bond motifs is 2. The Morgan fingerprint density at radius 3 is 2.43 bits per heavy atom. The molecule has 1 N–H and O–H groups in total. The molecule has 0 fully saturated rings. The lowest BCUT2D eigenvalue weighted by molar-refractivity contribution is 0.384. The second kappa shape index (κ2) is 8.45. The molecule has 150 valence electrons. The first-order chi connectivity index (χ1) is 14.8. The first-order valence-corrected chi connectivity index (χ1v) is 11.1. The quantitative estimate of drug-likeness (QED) is 0.391. The van der Waals surface area contributed by atoms with Gasteiger partial charge in [0.15, 0.2) is 0 Å². The van der Waals surface area contributed by atoms with Crippen LogP contribution in [0.2, 0.25) is 0 Å². The molecule has 2 unspecified atom stereocenters. The highest BCUT2D eigenvalue weighted by molar-refractivity contribution is 5.86. The fraction of sp³-hybridized carbons (Fsp3) is 0.241. The van der Waals surface area contributed by atoms with E-state index < -0.39 is 0 Å². The standard InChI is InChI=1S/C29H29N/c1-21(26-17-9-14-23-12-5-7-15-27(23)26)30-20-22-18-25-13-6-8-16-28(25)29(19-22)24-10-3-2-4-11-24/h2-17,21-22,29-30H,18-20H2,1H3/t21-,22?,29?/m1/s1. The summed E-state index contributed by atoms with van der Waals surface area (Å²) in [5.41, 5.74) is 5.87. The van der Waals surface area contributed by atoms with Crippen molar-refractivity contribution in [2.75, 3.05) is 6.54 Å². The molecule has 0 heterocycles. The SMILES string of the molecule is C[C@@H](NCC1Cc2ccccc2C(c2ccccc2)C1)c1cccc2ccccc12. The molecule has 4 aromatic carbocycles. The zero-order chi connectivity index (χ0) is 20.3. The third kappa shape index (κ3) is 3.78. The highest BCUT2D eigenvalue weighted by Gasteiger charge is 2.28. The van der Waals surface area contributed by atoms with Crippen molar-refractivity contribution in [1.82, 2.24) is 5.32 Å². The van der Waals surface area contributed by atoms with Crippen LogP contribution in [-0.2, 0) is 6.42 Å². The normalized spacial score (nSPS) is 19.4. The summed E-state index contributed by atoms with van der Waals surface area (Å²) in [7, 11) is 0. The van der Waals surface area contributed by atoms with Gasteiger partial charge in [-0.2, -0.15) is 0 Å². The molecule has 1 aliphatic rings. The maximum atomic E-state index is 3.86. The molecule has 0 aromatic heterocycles. The summed E-state index contributed by atoms with van der Waals surface area (Å²) < 4.78 is 0. The minimum atomic E-state index is 0.337. The fourth-order valence-corrected chi connectivity index (χ4v) is 5.15. The molecular weight excluding hydrogens is 362 g/mol. The molecule has 0 aliphatic heterocycles. The number of hydrogen-bond acceptors (Lipinski definition) is 1. The Morgan fingerprint density at radius 2 is 1.53 bits per heavy atom. The maximum Gasteiger partial charge on any atom is 0.0298 e. The van der Waals surface area contributed by atoms with Crippen LogP contribution >= 0.6 is 0 Å². The highest BCUT2D eigenvalue weighted by Crippen LogP contribution is 2.39. The van der Waals surface area contributed by atoms with Crippen LogP contribution in [0, 0.1) is 5.92 Å². The average molecular weight is 392 g/mol. The summed E-state index contributed by atoms with van der Waals surface area (Å²) in [5.74, 6) is 1.14. The molecule has 0 spiro atoms. The van der Waals surface area contributed by atoms with E-state index in [2.05, 4.69) is 109 Å². The molecule has 3 atom stereocenters. The van der Waals surface area contributed by atoms with Crippen molar-refractivity contribution >= 4 is 10.8 Å². The van der Waals surface area contributed by atoms with Crippen molar-refractivity contribution in [1.29, 1.82) is 0 Å². The van der Waals surface area contributed by atoms with Gasteiger partial charge in [-0.15, -0.1) is 0 Å². The summed E-state index contributed by atoms with van der Waals surface area (Å²) in [4.78, 5) is 0. The number of rotatable bonds is 5. The predicted molar refractivity (Wildman–Crippen MR) is 127 cm³/mol. The number of nitrogens with one attached hydrogen (secondary N) is 1. The molecule has 0 amide bonds. The van der Waals surface area contributed by atoms with Crippen molar-refractivity contribution in [3.63, 3.8) is 0 Å². The summed E-state index contributed by atoms with van der Waals surface area (Å²) in [6.45, 7) is 3.34. The topological polar surface area (TPSA) is 12.0 Å². The molecule has 5 rings (SSSR count). The Balaban J connectivity index is 1.35. The lowest BCUT2D eigenvalue weighted by atomic mass is 9.74. The number of benzene rings is 4. The van der Waals surface area contributed by atoms with E-state index in [0.29, 0.717) is 17.9 Å². The van der Waals surface area contributed by atoms with Gasteiger partial charge in [-0.1, -0.05) is 97.1 Å². The van der Waals surface area contributed by atoms with E-state index >= 15 is 0 Å². The van der Waals surface area contributed by atoms with Crippen molar-refractivity contribution in [3.05, 3.63) is 119 Å². The Bertz CT molecular complexity index is 1130. The molecule has 0 radical (unpaired) electrons. The first-order valence-electron chi connectivity index (χ1n) is 11.1. The van der Waals surface area contributed by atoms with Gasteiger partial charge in [0.1, 0.15) is 0 Å². The van der Waals surface area contributed by atoms with Crippen molar-refractivity contribution in [2.24, 2.45) is 5.92 Å². The molecule has 30 heavy (non-hydrogen) atoms. The van der Waals surface area contributed by atoms with Gasteiger partial charge in [0, 0.05) is 12.0 Å². The summed E-state index contributed by atoms with van der Waals surface area (Å²) in [6.07, 6.45) is 2.37. The van der Waals surface area contributed by atoms with E-state index in [1.165, 1.54) is 39.4 Å². The Morgan fingerprint density at radius 1 is 0.800 bits per heavy atom. The molecule has 4 aromatic rings. The van der Waals surface area contributed by atoms with E-state index in [4.69, 9.17) is 0 Å². The summed E-state index contributed by atoms with van der Waals surface area (Å²) in [5, 5.41) is 6.54. The van der Waals surface area contributed by atoms with E-state index in [-0.39, 0.29) is 0 Å². The molecule has 1 aliphatic carbocycles. The lowest BCUT2D eigenvalue weighted by Gasteiger charge is -2.33. The average Bonchev–Trinajstić information content (AvgIpc) is 2.82. The molecule has 1 nitrogen and oxygen atoms in total. The molecule has 0 bridgehead atoms. The Kier molecular flexibility index (Phi) is 5.38. The van der Waals surface area contributed by atoms with E-state index in [0.717, 1.165) is 13.0 Å². The van der Waals surface area contributed by atoms with Gasteiger partial charge < -0.3 is 5.32 Å². The van der Waals surface area contributed by atoms with Crippen LogP contribution in [-0.4, -0.2) is 6.54 Å². The monoisotopic (exact) mass is 391 g/mol. The van der Waals surface area contributed by atoms with Gasteiger partial charge in [0.25, 0.3) is 0 Å². The molecule has 0 saturated heterocycles. The van der Waals surface area contributed by atoms with Crippen LogP contribution in [0.15, 0.2) is 97.1 Å². The second-order valence-electron chi connectivity index (χ2n) is 8.67. The van der Waals surface area contributed by atoms with Crippen LogP contribution in [0.25, 0.3) is 10.8 Å². The van der Waals surface area contributed by atoms with Gasteiger partial charge in [-0.3, -0.25) is 0 Å². The molecule has 1 heteroatoms. The van der Waals surface area contributed by atoms with Gasteiger partial charge in [-0.25, -0.2) is 0 Å². The fourth-order valence-electron chi connectivity index (χ4n) is 5.15. The minimum absolute atomic E-state index is 0.337. The smallest absolute Gasteiger partial charge is 0.0298 e. The maximum absolute atomic E-state index is 3.86. The lowest BCUT2D eigenvalue weighted by Crippen LogP contribution is -2.31. The van der Waals surface area contributed by atoms with Crippen LogP contribution in [0.3, 0.4) is 0 Å². The Labute approximate surface area is 179 Å². The van der Waals surface area contributed by atoms with E-state index in [1.54, 1.807) is 0 Å². The van der Waals surface area contributed by atoms with E-state index in [1.807, 2.05) is 0 Å². The van der Waals surface area contributed by atoms with Crippen molar-refractivity contribution in [2.45, 2.75) is 31.7 Å². The van der Waals surface area contributed by atoms with Crippen molar-refractivity contribution < 1.29 is 0 Å². The third-order valence-electron chi connectivity index (χ3n) is 6.71. The van der Waals surface area contributed by atoms with Gasteiger partial charge in [0.05, 0.1) is 0 Å². The van der Waals surface area contributed by atoms with Crippen LogP contribution in [0.5, 0.6) is 0 Å². The van der Waals surface area contributed by atoms with Crippen LogP contribution in [0.1, 0.15) is 47.6 Å². The van der Waals surface area contributed by atoms with Crippen molar-refractivity contribution in [3.8, 4) is 0 Å². The van der Waals surface area contributed by atoms with E-state index in [9.17, 15) is 0 Å².